The van der Waals surface area contributed by atoms with E-state index in [-0.39, 0.29) is 34.6 Å². The number of hydrogen-bond donors (Lipinski definition) is 0. The standard InChI is InChI=1S/C30H17F7N2/c1-16-14-38-29(39-15-16)18-4-7-22-20(11-18)13-25(31)23(27(22)33)6-3-17-2-5-21-19(10-17)12-26(32)24(28(21)34)8-9-30(35,36)37/h2,4-5,7,10-15H,3,6H2,1H3. The van der Waals surface area contributed by atoms with Gasteiger partial charge < -0.3 is 0 Å². The van der Waals surface area contributed by atoms with Crippen molar-refractivity contribution in [3.63, 3.8) is 0 Å². The number of aromatic nitrogens is 2. The zero-order chi connectivity index (χ0) is 27.9. The molecule has 1 heterocycles. The van der Waals surface area contributed by atoms with E-state index in [1.807, 2.05) is 6.92 Å². The van der Waals surface area contributed by atoms with E-state index in [4.69, 9.17) is 0 Å². The zero-order valence-corrected chi connectivity index (χ0v) is 20.2. The molecular weight excluding hydrogens is 521 g/mol. The van der Waals surface area contributed by atoms with Gasteiger partial charge in [-0.2, -0.15) is 13.2 Å². The Labute approximate surface area is 218 Å². The van der Waals surface area contributed by atoms with Gasteiger partial charge in [-0.15, -0.1) is 0 Å². The highest BCUT2D eigenvalue weighted by Crippen LogP contribution is 2.30. The minimum absolute atomic E-state index is 0.0396. The van der Waals surface area contributed by atoms with E-state index >= 15 is 4.39 Å². The van der Waals surface area contributed by atoms with Crippen LogP contribution in [0.1, 0.15) is 22.3 Å². The van der Waals surface area contributed by atoms with Gasteiger partial charge in [0.15, 0.2) is 5.82 Å². The fourth-order valence-electron chi connectivity index (χ4n) is 4.34. The van der Waals surface area contributed by atoms with E-state index in [0.29, 0.717) is 22.3 Å². The maximum atomic E-state index is 15.3. The highest BCUT2D eigenvalue weighted by Gasteiger charge is 2.24. The van der Waals surface area contributed by atoms with Gasteiger partial charge >= 0.3 is 6.18 Å². The van der Waals surface area contributed by atoms with Crippen LogP contribution in [0.5, 0.6) is 0 Å². The molecule has 4 aromatic carbocycles. The Morgan fingerprint density at radius 3 is 2.10 bits per heavy atom. The predicted molar refractivity (Wildman–Crippen MR) is 134 cm³/mol. The average Bonchev–Trinajstić information content (AvgIpc) is 2.87. The van der Waals surface area contributed by atoms with Crippen LogP contribution < -0.4 is 0 Å². The number of benzene rings is 4. The van der Waals surface area contributed by atoms with Gasteiger partial charge in [0.05, 0.1) is 5.56 Å². The van der Waals surface area contributed by atoms with Crippen molar-refractivity contribution in [1.82, 2.24) is 9.97 Å². The minimum atomic E-state index is -4.90. The molecule has 0 N–H and O–H groups in total. The van der Waals surface area contributed by atoms with Gasteiger partial charge in [-0.05, 0) is 59.9 Å². The molecule has 39 heavy (non-hydrogen) atoms. The average molecular weight is 538 g/mol. The third-order valence-electron chi connectivity index (χ3n) is 6.25. The summed E-state index contributed by atoms with van der Waals surface area (Å²) in [4.78, 5) is 8.48. The van der Waals surface area contributed by atoms with Gasteiger partial charge in [0.1, 0.15) is 23.3 Å². The van der Waals surface area contributed by atoms with Gasteiger partial charge in [0.2, 0.25) is 0 Å². The minimum Gasteiger partial charge on any atom is -0.236 e. The van der Waals surface area contributed by atoms with E-state index in [2.05, 4.69) is 9.97 Å². The molecule has 0 amide bonds. The summed E-state index contributed by atoms with van der Waals surface area (Å²) in [6.45, 7) is 1.85. The molecule has 0 fully saturated rings. The van der Waals surface area contributed by atoms with Crippen LogP contribution in [-0.2, 0) is 12.8 Å². The molecule has 0 radical (unpaired) electrons. The molecule has 0 saturated heterocycles. The van der Waals surface area contributed by atoms with Crippen LogP contribution in [0.2, 0.25) is 0 Å². The number of nitrogens with zero attached hydrogens (tertiary/aromatic N) is 2. The number of alkyl halides is 3. The molecule has 5 aromatic rings. The van der Waals surface area contributed by atoms with Crippen LogP contribution in [0.25, 0.3) is 32.9 Å². The van der Waals surface area contributed by atoms with Gasteiger partial charge in [0, 0.05) is 40.2 Å². The van der Waals surface area contributed by atoms with Gasteiger partial charge in [-0.25, -0.2) is 27.5 Å². The second-order valence-electron chi connectivity index (χ2n) is 9.02. The van der Waals surface area contributed by atoms with Crippen molar-refractivity contribution < 1.29 is 30.7 Å². The number of aryl methyl sites for hydroxylation is 2. The SMILES string of the molecule is Cc1cnc(-c2ccc3c(F)c(CCc4ccc5c(F)c(C#CC(F)(F)F)c(F)cc5c4)c(F)cc3c2)nc1. The van der Waals surface area contributed by atoms with Gasteiger partial charge in [-0.3, -0.25) is 0 Å². The van der Waals surface area contributed by atoms with E-state index in [0.717, 1.165) is 17.6 Å². The Morgan fingerprint density at radius 1 is 0.744 bits per heavy atom. The highest BCUT2D eigenvalue weighted by atomic mass is 19.4. The molecule has 0 spiro atoms. The molecule has 0 aliphatic heterocycles. The summed E-state index contributed by atoms with van der Waals surface area (Å²) < 4.78 is 96.4. The first-order chi connectivity index (χ1) is 18.5. The molecular formula is C30H17F7N2. The smallest absolute Gasteiger partial charge is 0.236 e. The lowest BCUT2D eigenvalue weighted by Gasteiger charge is -2.11. The van der Waals surface area contributed by atoms with E-state index in [1.54, 1.807) is 24.5 Å². The lowest BCUT2D eigenvalue weighted by molar-refractivity contribution is -0.0696. The molecule has 0 unspecified atom stereocenters. The van der Waals surface area contributed by atoms with Gasteiger partial charge in [0.25, 0.3) is 0 Å². The van der Waals surface area contributed by atoms with Crippen molar-refractivity contribution in [3.05, 3.63) is 106 Å². The van der Waals surface area contributed by atoms with Crippen molar-refractivity contribution in [1.29, 1.82) is 0 Å². The summed E-state index contributed by atoms with van der Waals surface area (Å²) in [5, 5.41) is 0.530. The zero-order valence-electron chi connectivity index (χ0n) is 20.2. The summed E-state index contributed by atoms with van der Waals surface area (Å²) in [5.74, 6) is -1.12. The molecule has 5 rings (SSSR count). The van der Waals surface area contributed by atoms with Crippen LogP contribution in [0, 0.1) is 42.0 Å². The first-order valence-corrected chi connectivity index (χ1v) is 11.7. The van der Waals surface area contributed by atoms with Crippen molar-refractivity contribution >= 4 is 21.5 Å². The predicted octanol–water partition coefficient (Wildman–Crippen LogP) is 8.01. The number of fused-ring (bicyclic) bond motifs is 2. The summed E-state index contributed by atoms with van der Waals surface area (Å²) >= 11 is 0. The Morgan fingerprint density at radius 2 is 1.38 bits per heavy atom. The molecule has 1 aromatic heterocycles. The van der Waals surface area contributed by atoms with Crippen LogP contribution in [0.15, 0.2) is 60.9 Å². The Balaban J connectivity index is 1.42. The molecule has 0 aliphatic rings. The van der Waals surface area contributed by atoms with Crippen LogP contribution in [0.3, 0.4) is 0 Å². The number of halogens is 7. The molecule has 2 nitrogen and oxygen atoms in total. The summed E-state index contributed by atoms with van der Waals surface area (Å²) in [7, 11) is 0. The first kappa shape index (κ1) is 26.2. The highest BCUT2D eigenvalue weighted by molar-refractivity contribution is 5.88. The Kier molecular flexibility index (Phi) is 6.73. The third-order valence-corrected chi connectivity index (χ3v) is 6.25. The molecule has 0 saturated carbocycles. The van der Waals surface area contributed by atoms with Crippen LogP contribution in [-0.4, -0.2) is 16.1 Å². The topological polar surface area (TPSA) is 25.8 Å². The van der Waals surface area contributed by atoms with E-state index < -0.39 is 35.0 Å². The quantitative estimate of drug-likeness (QED) is 0.171. The maximum Gasteiger partial charge on any atom is 0.458 e. The molecule has 0 bridgehead atoms. The van der Waals surface area contributed by atoms with Crippen molar-refractivity contribution in [2.75, 3.05) is 0 Å². The van der Waals surface area contributed by atoms with Gasteiger partial charge in [-0.1, -0.05) is 36.3 Å². The summed E-state index contributed by atoms with van der Waals surface area (Å²) in [6.07, 6.45) is -1.51. The lowest BCUT2D eigenvalue weighted by Crippen LogP contribution is -2.03. The molecule has 196 valence electrons. The number of rotatable bonds is 4. The second-order valence-corrected chi connectivity index (χ2v) is 9.02. The first-order valence-electron chi connectivity index (χ1n) is 11.7. The monoisotopic (exact) mass is 538 g/mol. The van der Waals surface area contributed by atoms with E-state index in [1.165, 1.54) is 36.3 Å². The van der Waals surface area contributed by atoms with Crippen molar-refractivity contribution in [3.8, 4) is 23.2 Å². The van der Waals surface area contributed by atoms with E-state index in [9.17, 15) is 26.3 Å². The summed E-state index contributed by atoms with van der Waals surface area (Å²) in [6, 6.07) is 11.1. The maximum absolute atomic E-state index is 15.3. The normalized spacial score (nSPS) is 11.6. The second kappa shape index (κ2) is 10.0. The number of hydrogen-bond acceptors (Lipinski definition) is 2. The Bertz CT molecular complexity index is 1800. The fraction of sp³-hybridized carbons (Fsp3) is 0.133. The van der Waals surface area contributed by atoms with Crippen molar-refractivity contribution in [2.45, 2.75) is 25.9 Å². The lowest BCUT2D eigenvalue weighted by atomic mass is 9.96. The van der Waals surface area contributed by atoms with Crippen LogP contribution >= 0.6 is 0 Å². The van der Waals surface area contributed by atoms with Crippen LogP contribution in [0.4, 0.5) is 30.7 Å². The fourth-order valence-corrected chi connectivity index (χ4v) is 4.34. The summed E-state index contributed by atoms with van der Waals surface area (Å²) in [5.41, 5.74) is 0.892. The van der Waals surface area contributed by atoms with Crippen molar-refractivity contribution in [2.24, 2.45) is 0 Å². The molecule has 9 heteroatoms. The molecule has 0 aliphatic carbocycles. The Hall–Kier alpha value is -4.45. The largest absolute Gasteiger partial charge is 0.458 e. The molecule has 0 atom stereocenters. The third kappa shape index (κ3) is 5.41.